The van der Waals surface area contributed by atoms with E-state index in [0.717, 1.165) is 18.5 Å². The molecule has 0 radical (unpaired) electrons. The Morgan fingerprint density at radius 2 is 2.50 bits per heavy atom. The second-order valence-corrected chi connectivity index (χ2v) is 2.13. The molecule has 0 aromatic heterocycles. The molecule has 2 N–H and O–H groups in total. The summed E-state index contributed by atoms with van der Waals surface area (Å²) in [5.74, 6) is 0. The highest BCUT2D eigenvalue weighted by atomic mass is 16.3. The molecule has 1 saturated heterocycles. The molecule has 0 spiro atoms. The average Bonchev–Trinajstić information content (AvgIpc) is 1.77. The molecule has 1 unspecified atom stereocenters. The maximum absolute atomic E-state index is 9.02. The van der Waals surface area contributed by atoms with Gasteiger partial charge in [0.1, 0.15) is 0 Å². The molecule has 1 aliphatic rings. The number of piperidine rings is 1. The number of β-amino-alcohol motifs (C(OH)–C–C–N with tert-alkyl or cyclic N) is 1. The Balaban J connectivity index is 2.39. The standard InChI is InChI=1S/C6H11NO/c1-5-2-3-7-4-6(5)8/h6-8H,1-4H2. The first-order chi connectivity index (χ1) is 3.80. The zero-order valence-corrected chi connectivity index (χ0v) is 4.85. The van der Waals surface area contributed by atoms with Gasteiger partial charge < -0.3 is 10.4 Å². The number of rotatable bonds is 0. The Hall–Kier alpha value is -0.340. The van der Waals surface area contributed by atoms with E-state index < -0.39 is 0 Å². The van der Waals surface area contributed by atoms with Crippen molar-refractivity contribution in [3.05, 3.63) is 12.2 Å². The first-order valence-corrected chi connectivity index (χ1v) is 2.87. The van der Waals surface area contributed by atoms with Gasteiger partial charge in [0.15, 0.2) is 0 Å². The molecule has 0 aromatic rings. The molecule has 2 nitrogen and oxygen atoms in total. The number of hydrogen-bond acceptors (Lipinski definition) is 2. The van der Waals surface area contributed by atoms with Gasteiger partial charge in [-0.25, -0.2) is 0 Å². The molecule has 0 saturated carbocycles. The van der Waals surface area contributed by atoms with Crippen molar-refractivity contribution in [3.8, 4) is 0 Å². The Morgan fingerprint density at radius 3 is 2.88 bits per heavy atom. The van der Waals surface area contributed by atoms with Crippen LogP contribution < -0.4 is 5.32 Å². The Kier molecular flexibility index (Phi) is 1.65. The smallest absolute Gasteiger partial charge is 0.0872 e. The monoisotopic (exact) mass is 113 g/mol. The van der Waals surface area contributed by atoms with Gasteiger partial charge in [-0.15, -0.1) is 0 Å². The van der Waals surface area contributed by atoms with Gasteiger partial charge in [0.05, 0.1) is 6.10 Å². The van der Waals surface area contributed by atoms with E-state index in [-0.39, 0.29) is 6.10 Å². The first-order valence-electron chi connectivity index (χ1n) is 2.87. The average molecular weight is 113 g/mol. The molecule has 8 heavy (non-hydrogen) atoms. The first kappa shape index (κ1) is 5.79. The Bertz CT molecular complexity index is 101. The lowest BCUT2D eigenvalue weighted by atomic mass is 10.1. The minimum atomic E-state index is -0.302. The van der Waals surface area contributed by atoms with Gasteiger partial charge >= 0.3 is 0 Å². The van der Waals surface area contributed by atoms with Crippen molar-refractivity contribution in [1.29, 1.82) is 0 Å². The molecular weight excluding hydrogens is 102 g/mol. The van der Waals surface area contributed by atoms with E-state index in [2.05, 4.69) is 11.9 Å². The molecule has 2 heteroatoms. The van der Waals surface area contributed by atoms with E-state index in [9.17, 15) is 0 Å². The van der Waals surface area contributed by atoms with Crippen LogP contribution in [0.2, 0.25) is 0 Å². The van der Waals surface area contributed by atoms with Crippen molar-refractivity contribution in [3.63, 3.8) is 0 Å². The summed E-state index contributed by atoms with van der Waals surface area (Å²) in [6, 6.07) is 0. The summed E-state index contributed by atoms with van der Waals surface area (Å²) >= 11 is 0. The number of aliphatic hydroxyl groups is 1. The summed E-state index contributed by atoms with van der Waals surface area (Å²) < 4.78 is 0. The lowest BCUT2D eigenvalue weighted by molar-refractivity contribution is 0.191. The van der Waals surface area contributed by atoms with Gasteiger partial charge in [0.25, 0.3) is 0 Å². The van der Waals surface area contributed by atoms with E-state index >= 15 is 0 Å². The van der Waals surface area contributed by atoms with Crippen LogP contribution in [0, 0.1) is 0 Å². The van der Waals surface area contributed by atoms with E-state index in [4.69, 9.17) is 5.11 Å². The molecule has 46 valence electrons. The van der Waals surface area contributed by atoms with Gasteiger partial charge in [-0.3, -0.25) is 0 Å². The summed E-state index contributed by atoms with van der Waals surface area (Å²) in [5, 5.41) is 12.1. The van der Waals surface area contributed by atoms with Crippen molar-refractivity contribution in [1.82, 2.24) is 5.32 Å². The predicted molar refractivity (Wildman–Crippen MR) is 32.6 cm³/mol. The Labute approximate surface area is 49.2 Å². The van der Waals surface area contributed by atoms with E-state index in [0.29, 0.717) is 6.54 Å². The maximum Gasteiger partial charge on any atom is 0.0872 e. The lowest BCUT2D eigenvalue weighted by Gasteiger charge is -2.19. The van der Waals surface area contributed by atoms with E-state index in [1.807, 2.05) is 0 Å². The van der Waals surface area contributed by atoms with Crippen LogP contribution in [-0.4, -0.2) is 24.3 Å². The zero-order valence-electron chi connectivity index (χ0n) is 4.85. The fourth-order valence-electron chi connectivity index (χ4n) is 0.799. The molecular formula is C6H11NO. The third kappa shape index (κ3) is 1.08. The summed E-state index contributed by atoms with van der Waals surface area (Å²) in [4.78, 5) is 0. The van der Waals surface area contributed by atoms with E-state index in [1.54, 1.807) is 0 Å². The highest BCUT2D eigenvalue weighted by Crippen LogP contribution is 2.06. The van der Waals surface area contributed by atoms with Gasteiger partial charge in [0.2, 0.25) is 0 Å². The summed E-state index contributed by atoms with van der Waals surface area (Å²) in [6.45, 7) is 5.35. The molecule has 1 heterocycles. The van der Waals surface area contributed by atoms with Crippen LogP contribution in [-0.2, 0) is 0 Å². The molecule has 0 aliphatic carbocycles. The zero-order chi connectivity index (χ0) is 5.98. The van der Waals surface area contributed by atoms with Gasteiger partial charge in [-0.1, -0.05) is 6.58 Å². The summed E-state index contributed by atoms with van der Waals surface area (Å²) in [7, 11) is 0. The molecule has 0 bridgehead atoms. The van der Waals surface area contributed by atoms with Crippen molar-refractivity contribution >= 4 is 0 Å². The molecule has 1 aliphatic heterocycles. The largest absolute Gasteiger partial charge is 0.387 e. The number of hydrogen-bond donors (Lipinski definition) is 2. The van der Waals surface area contributed by atoms with Crippen LogP contribution in [0.25, 0.3) is 0 Å². The third-order valence-electron chi connectivity index (χ3n) is 1.43. The van der Waals surface area contributed by atoms with Gasteiger partial charge in [-0.2, -0.15) is 0 Å². The van der Waals surface area contributed by atoms with Gasteiger partial charge in [-0.05, 0) is 18.5 Å². The fourth-order valence-corrected chi connectivity index (χ4v) is 0.799. The maximum atomic E-state index is 9.02. The molecule has 1 atom stereocenters. The highest BCUT2D eigenvalue weighted by Gasteiger charge is 2.11. The second kappa shape index (κ2) is 2.29. The second-order valence-electron chi connectivity index (χ2n) is 2.13. The quantitative estimate of drug-likeness (QED) is 0.430. The minimum absolute atomic E-state index is 0.302. The fraction of sp³-hybridized carbons (Fsp3) is 0.667. The van der Waals surface area contributed by atoms with Crippen molar-refractivity contribution in [2.75, 3.05) is 13.1 Å². The minimum Gasteiger partial charge on any atom is -0.387 e. The molecule has 1 fully saturated rings. The van der Waals surface area contributed by atoms with Crippen LogP contribution >= 0.6 is 0 Å². The third-order valence-corrected chi connectivity index (χ3v) is 1.43. The van der Waals surface area contributed by atoms with Gasteiger partial charge in [0, 0.05) is 6.54 Å². The van der Waals surface area contributed by atoms with Crippen LogP contribution in [0.3, 0.4) is 0 Å². The normalized spacial score (nSPS) is 30.6. The molecule has 0 amide bonds. The predicted octanol–water partition coefficient (Wildman–Crippen LogP) is -0.103. The summed E-state index contributed by atoms with van der Waals surface area (Å²) in [5.41, 5.74) is 0.962. The van der Waals surface area contributed by atoms with E-state index in [1.165, 1.54) is 0 Å². The lowest BCUT2D eigenvalue weighted by Crippen LogP contribution is -2.34. The number of nitrogens with one attached hydrogen (secondary N) is 1. The SMILES string of the molecule is C=C1CCNCC1O. The number of aliphatic hydroxyl groups excluding tert-OH is 1. The topological polar surface area (TPSA) is 32.3 Å². The van der Waals surface area contributed by atoms with Crippen LogP contribution in [0.5, 0.6) is 0 Å². The van der Waals surface area contributed by atoms with Crippen molar-refractivity contribution in [2.45, 2.75) is 12.5 Å². The van der Waals surface area contributed by atoms with Crippen LogP contribution in [0.4, 0.5) is 0 Å². The molecule has 0 aromatic carbocycles. The summed E-state index contributed by atoms with van der Waals surface area (Å²) in [6.07, 6.45) is 0.616. The van der Waals surface area contributed by atoms with Crippen LogP contribution in [0.15, 0.2) is 12.2 Å². The van der Waals surface area contributed by atoms with Crippen LogP contribution in [0.1, 0.15) is 6.42 Å². The van der Waals surface area contributed by atoms with Crippen molar-refractivity contribution < 1.29 is 5.11 Å². The highest BCUT2D eigenvalue weighted by molar-refractivity contribution is 5.05. The van der Waals surface area contributed by atoms with Crippen molar-refractivity contribution in [2.24, 2.45) is 0 Å². The molecule has 1 rings (SSSR count). The Morgan fingerprint density at radius 1 is 1.75 bits per heavy atom.